The zero-order valence-electron chi connectivity index (χ0n) is 13.6. The topological polar surface area (TPSA) is 44.7 Å². The van der Waals surface area contributed by atoms with Crippen molar-refractivity contribution in [2.24, 2.45) is 0 Å². The van der Waals surface area contributed by atoms with Crippen LogP contribution in [0.15, 0.2) is 18.2 Å². The van der Waals surface area contributed by atoms with E-state index < -0.39 is 0 Å². The smallest absolute Gasteiger partial charge is 0.120 e. The van der Waals surface area contributed by atoms with Gasteiger partial charge in [-0.25, -0.2) is 0 Å². The minimum atomic E-state index is 0.0808. The molecular formula is C17H28N2O2. The molecule has 0 saturated carbocycles. The average molecular weight is 292 g/mol. The van der Waals surface area contributed by atoms with Gasteiger partial charge in [0.2, 0.25) is 0 Å². The number of rotatable bonds is 5. The van der Waals surface area contributed by atoms with Crippen molar-refractivity contribution >= 4 is 0 Å². The number of hydrogen-bond donors (Lipinski definition) is 2. The summed E-state index contributed by atoms with van der Waals surface area (Å²) >= 11 is 0. The van der Waals surface area contributed by atoms with Crippen molar-refractivity contribution in [2.75, 3.05) is 32.8 Å². The fraction of sp³-hybridized carbons (Fsp3) is 0.647. The summed E-state index contributed by atoms with van der Waals surface area (Å²) in [5.41, 5.74) is 2.22. The molecule has 1 aromatic rings. The largest absolute Gasteiger partial charge is 0.508 e. The van der Waals surface area contributed by atoms with E-state index in [1.54, 1.807) is 6.07 Å². The summed E-state index contributed by atoms with van der Waals surface area (Å²) in [6, 6.07) is 5.89. The van der Waals surface area contributed by atoms with Crippen molar-refractivity contribution in [1.82, 2.24) is 10.2 Å². The molecule has 1 atom stereocenters. The summed E-state index contributed by atoms with van der Waals surface area (Å²) in [7, 11) is 0. The van der Waals surface area contributed by atoms with Crippen LogP contribution in [0.25, 0.3) is 0 Å². The summed E-state index contributed by atoms with van der Waals surface area (Å²) in [6.45, 7) is 13.1. The minimum Gasteiger partial charge on any atom is -0.508 e. The zero-order valence-corrected chi connectivity index (χ0v) is 13.6. The molecule has 2 N–H and O–H groups in total. The fourth-order valence-corrected chi connectivity index (χ4v) is 2.81. The zero-order chi connectivity index (χ0) is 15.5. The Labute approximate surface area is 128 Å². The summed E-state index contributed by atoms with van der Waals surface area (Å²) in [4.78, 5) is 2.46. The van der Waals surface area contributed by atoms with Crippen LogP contribution in [0, 0.1) is 6.92 Å². The highest BCUT2D eigenvalue weighted by Crippen LogP contribution is 2.25. The van der Waals surface area contributed by atoms with Crippen LogP contribution >= 0.6 is 0 Å². The van der Waals surface area contributed by atoms with Gasteiger partial charge in [-0.3, -0.25) is 4.90 Å². The molecule has 2 rings (SSSR count). The van der Waals surface area contributed by atoms with Crippen molar-refractivity contribution in [2.45, 2.75) is 39.3 Å². The van der Waals surface area contributed by atoms with E-state index in [4.69, 9.17) is 4.74 Å². The third-order valence-corrected chi connectivity index (χ3v) is 4.36. The van der Waals surface area contributed by atoms with Crippen LogP contribution in [-0.2, 0) is 4.74 Å². The summed E-state index contributed by atoms with van der Waals surface area (Å²) in [5.74, 6) is 0.366. The molecule has 1 unspecified atom stereocenters. The second-order valence-corrected chi connectivity index (χ2v) is 6.58. The summed E-state index contributed by atoms with van der Waals surface area (Å²) in [5, 5.41) is 13.6. The highest BCUT2D eigenvalue weighted by molar-refractivity contribution is 5.37. The number of phenolic OH excluding ortho intramolecular Hbond substituents is 1. The van der Waals surface area contributed by atoms with Crippen molar-refractivity contribution in [3.8, 4) is 5.75 Å². The molecule has 0 spiro atoms. The Kier molecular flexibility index (Phi) is 5.25. The first-order valence-corrected chi connectivity index (χ1v) is 7.76. The summed E-state index contributed by atoms with van der Waals surface area (Å²) < 4.78 is 5.42. The van der Waals surface area contributed by atoms with Gasteiger partial charge in [0, 0.05) is 36.8 Å². The molecule has 21 heavy (non-hydrogen) atoms. The molecule has 1 saturated heterocycles. The Morgan fingerprint density at radius 3 is 2.67 bits per heavy atom. The molecule has 1 aliphatic rings. The highest BCUT2D eigenvalue weighted by atomic mass is 16.5. The average Bonchev–Trinajstić information content (AvgIpc) is 2.48. The number of aryl methyl sites for hydroxylation is 1. The molecular weight excluding hydrogens is 264 g/mol. The SMILES string of the molecule is Cc1ccc(O)c(C(C)NCC(C)(C)N2CCOCC2)c1. The van der Waals surface area contributed by atoms with Crippen molar-refractivity contribution < 1.29 is 9.84 Å². The van der Waals surface area contributed by atoms with Gasteiger partial charge in [0.25, 0.3) is 0 Å². The van der Waals surface area contributed by atoms with Crippen LogP contribution in [-0.4, -0.2) is 48.4 Å². The number of benzene rings is 1. The number of phenols is 1. The Bertz CT molecular complexity index is 468. The number of nitrogens with one attached hydrogen (secondary N) is 1. The van der Waals surface area contributed by atoms with Crippen molar-refractivity contribution in [3.05, 3.63) is 29.3 Å². The maximum absolute atomic E-state index is 10.0. The maximum Gasteiger partial charge on any atom is 0.120 e. The van der Waals surface area contributed by atoms with Crippen LogP contribution in [0.2, 0.25) is 0 Å². The first-order chi connectivity index (χ1) is 9.90. The Hall–Kier alpha value is -1.10. The Balaban J connectivity index is 1.96. The van der Waals surface area contributed by atoms with Crippen LogP contribution in [0.1, 0.15) is 37.9 Å². The van der Waals surface area contributed by atoms with E-state index in [0.29, 0.717) is 5.75 Å². The first kappa shape index (κ1) is 16.3. The molecule has 0 bridgehead atoms. The third-order valence-electron chi connectivity index (χ3n) is 4.36. The molecule has 0 aromatic heterocycles. The number of ether oxygens (including phenoxy) is 1. The lowest BCUT2D eigenvalue weighted by Gasteiger charge is -2.41. The normalized spacial score (nSPS) is 18.7. The van der Waals surface area contributed by atoms with Crippen LogP contribution in [0.3, 0.4) is 0 Å². The standard InChI is InChI=1S/C17H28N2O2/c1-13-5-6-16(20)15(11-13)14(2)18-12-17(3,4)19-7-9-21-10-8-19/h5-6,11,14,18,20H,7-10,12H2,1-4H3. The van der Waals surface area contributed by atoms with Gasteiger partial charge in [0.1, 0.15) is 5.75 Å². The number of hydrogen-bond acceptors (Lipinski definition) is 4. The fourth-order valence-electron chi connectivity index (χ4n) is 2.81. The van der Waals surface area contributed by atoms with E-state index in [1.165, 1.54) is 5.56 Å². The van der Waals surface area contributed by atoms with E-state index in [1.807, 2.05) is 13.0 Å². The minimum absolute atomic E-state index is 0.0808. The van der Waals surface area contributed by atoms with Gasteiger partial charge < -0.3 is 15.2 Å². The highest BCUT2D eigenvalue weighted by Gasteiger charge is 2.28. The van der Waals surface area contributed by atoms with Gasteiger partial charge in [0.15, 0.2) is 0 Å². The lowest BCUT2D eigenvalue weighted by atomic mass is 9.99. The number of aromatic hydroxyl groups is 1. The predicted molar refractivity (Wildman–Crippen MR) is 85.7 cm³/mol. The molecule has 0 amide bonds. The third kappa shape index (κ3) is 4.19. The van der Waals surface area contributed by atoms with E-state index in [9.17, 15) is 5.11 Å². The van der Waals surface area contributed by atoms with Gasteiger partial charge >= 0.3 is 0 Å². The van der Waals surface area contributed by atoms with Crippen LogP contribution in [0.4, 0.5) is 0 Å². The van der Waals surface area contributed by atoms with E-state index in [0.717, 1.165) is 38.4 Å². The van der Waals surface area contributed by atoms with Gasteiger partial charge in [0.05, 0.1) is 13.2 Å². The second kappa shape index (κ2) is 6.77. The van der Waals surface area contributed by atoms with Crippen molar-refractivity contribution in [1.29, 1.82) is 0 Å². The van der Waals surface area contributed by atoms with Crippen LogP contribution < -0.4 is 5.32 Å². The van der Waals surface area contributed by atoms with E-state index >= 15 is 0 Å². The van der Waals surface area contributed by atoms with Gasteiger partial charge in [-0.1, -0.05) is 17.7 Å². The van der Waals surface area contributed by atoms with Crippen LogP contribution in [0.5, 0.6) is 5.75 Å². The molecule has 1 aromatic carbocycles. The lowest BCUT2D eigenvalue weighted by molar-refractivity contribution is -0.0102. The van der Waals surface area contributed by atoms with Crippen molar-refractivity contribution in [3.63, 3.8) is 0 Å². The molecule has 1 heterocycles. The monoisotopic (exact) mass is 292 g/mol. The summed E-state index contributed by atoms with van der Waals surface area (Å²) in [6.07, 6.45) is 0. The van der Waals surface area contributed by atoms with Gasteiger partial charge in [-0.2, -0.15) is 0 Å². The number of nitrogens with zero attached hydrogens (tertiary/aromatic N) is 1. The predicted octanol–water partition coefficient (Wildman–Crippen LogP) is 2.46. The quantitative estimate of drug-likeness (QED) is 0.875. The Morgan fingerprint density at radius 2 is 2.00 bits per heavy atom. The first-order valence-electron chi connectivity index (χ1n) is 7.76. The molecule has 4 heteroatoms. The van der Waals surface area contributed by atoms with E-state index in [2.05, 4.69) is 37.1 Å². The molecule has 4 nitrogen and oxygen atoms in total. The van der Waals surface area contributed by atoms with Gasteiger partial charge in [-0.05, 0) is 33.8 Å². The molecule has 1 aliphatic heterocycles. The molecule has 0 aliphatic carbocycles. The lowest BCUT2D eigenvalue weighted by Crippen LogP contribution is -2.54. The van der Waals surface area contributed by atoms with Gasteiger partial charge in [-0.15, -0.1) is 0 Å². The Morgan fingerprint density at radius 1 is 1.33 bits per heavy atom. The second-order valence-electron chi connectivity index (χ2n) is 6.58. The molecule has 1 fully saturated rings. The maximum atomic E-state index is 10.0. The molecule has 0 radical (unpaired) electrons. The van der Waals surface area contributed by atoms with E-state index in [-0.39, 0.29) is 11.6 Å². The number of morpholine rings is 1. The molecule has 118 valence electrons.